The van der Waals surface area contributed by atoms with Crippen LogP contribution in [0.25, 0.3) is 0 Å². The van der Waals surface area contributed by atoms with E-state index < -0.39 is 0 Å². The van der Waals surface area contributed by atoms with Crippen molar-refractivity contribution >= 4 is 11.6 Å². The Hall–Kier alpha value is -2.75. The number of benzene rings is 2. The van der Waals surface area contributed by atoms with Crippen molar-refractivity contribution in [2.75, 3.05) is 18.5 Å². The van der Waals surface area contributed by atoms with Gasteiger partial charge in [-0.25, -0.2) is 0 Å². The largest absolute Gasteiger partial charge is 0.489 e. The van der Waals surface area contributed by atoms with E-state index in [1.165, 1.54) is 0 Å². The lowest BCUT2D eigenvalue weighted by Gasteiger charge is -2.22. The van der Waals surface area contributed by atoms with Crippen LogP contribution in [-0.2, 0) is 10.2 Å². The lowest BCUT2D eigenvalue weighted by Crippen LogP contribution is -2.21. The van der Waals surface area contributed by atoms with E-state index in [2.05, 4.69) is 32.7 Å². The molecule has 1 amide bonds. The molecule has 2 rings (SSSR count). The molecular weight excluding hydrogens is 326 g/mol. The molecule has 0 unspecified atom stereocenters. The SMILES string of the molecule is C=C(C)COc1ccc(NC(=O)COc2ccccc2C(C)(C)C)cc1. The fourth-order valence-corrected chi connectivity index (χ4v) is 2.39. The molecular formula is C22H27NO3. The Bertz CT molecular complexity index is 758. The van der Waals surface area contributed by atoms with Crippen molar-refractivity contribution in [2.24, 2.45) is 0 Å². The van der Waals surface area contributed by atoms with Gasteiger partial charge >= 0.3 is 0 Å². The molecule has 4 heteroatoms. The van der Waals surface area contributed by atoms with Crippen LogP contribution < -0.4 is 14.8 Å². The van der Waals surface area contributed by atoms with E-state index in [1.54, 1.807) is 12.1 Å². The summed E-state index contributed by atoms with van der Waals surface area (Å²) in [7, 11) is 0. The van der Waals surface area contributed by atoms with Gasteiger partial charge in [0.15, 0.2) is 6.61 Å². The normalized spacial score (nSPS) is 10.9. The minimum atomic E-state index is -0.204. The maximum absolute atomic E-state index is 12.2. The Morgan fingerprint density at radius 3 is 2.27 bits per heavy atom. The highest BCUT2D eigenvalue weighted by molar-refractivity contribution is 5.91. The monoisotopic (exact) mass is 353 g/mol. The maximum atomic E-state index is 12.2. The van der Waals surface area contributed by atoms with Gasteiger partial charge in [-0.15, -0.1) is 0 Å². The topological polar surface area (TPSA) is 47.6 Å². The Morgan fingerprint density at radius 1 is 1.00 bits per heavy atom. The predicted octanol–water partition coefficient (Wildman–Crippen LogP) is 4.96. The lowest BCUT2D eigenvalue weighted by molar-refractivity contribution is -0.118. The molecule has 0 saturated carbocycles. The van der Waals surface area contributed by atoms with Gasteiger partial charge in [0.05, 0.1) is 0 Å². The first-order chi connectivity index (χ1) is 12.3. The molecule has 0 fully saturated rings. The Balaban J connectivity index is 1.91. The number of rotatable bonds is 7. The Labute approximate surface area is 155 Å². The van der Waals surface area contributed by atoms with E-state index in [0.29, 0.717) is 12.3 Å². The van der Waals surface area contributed by atoms with Gasteiger partial charge < -0.3 is 14.8 Å². The predicted molar refractivity (Wildman–Crippen MR) is 106 cm³/mol. The summed E-state index contributed by atoms with van der Waals surface area (Å²) in [4.78, 5) is 12.2. The number of hydrogen-bond acceptors (Lipinski definition) is 3. The first-order valence-corrected chi connectivity index (χ1v) is 8.65. The van der Waals surface area contributed by atoms with Crippen molar-refractivity contribution in [2.45, 2.75) is 33.1 Å². The first kappa shape index (κ1) is 19.6. The van der Waals surface area contributed by atoms with Crippen LogP contribution in [-0.4, -0.2) is 19.1 Å². The van der Waals surface area contributed by atoms with Gasteiger partial charge in [0.2, 0.25) is 0 Å². The van der Waals surface area contributed by atoms with Gasteiger partial charge in [0, 0.05) is 5.69 Å². The van der Waals surface area contributed by atoms with Crippen molar-refractivity contribution in [1.82, 2.24) is 0 Å². The van der Waals surface area contributed by atoms with Gasteiger partial charge in [-0.1, -0.05) is 45.5 Å². The summed E-state index contributed by atoms with van der Waals surface area (Å²) in [6, 6.07) is 15.0. The molecule has 0 aliphatic carbocycles. The molecule has 4 nitrogen and oxygen atoms in total. The number of para-hydroxylation sites is 1. The summed E-state index contributed by atoms with van der Waals surface area (Å²) in [6.45, 7) is 12.5. The van der Waals surface area contributed by atoms with E-state index >= 15 is 0 Å². The highest BCUT2D eigenvalue weighted by Crippen LogP contribution is 2.30. The molecule has 26 heavy (non-hydrogen) atoms. The molecule has 0 bridgehead atoms. The average molecular weight is 353 g/mol. The average Bonchev–Trinajstić information content (AvgIpc) is 2.59. The molecule has 2 aromatic carbocycles. The van der Waals surface area contributed by atoms with Gasteiger partial charge in [-0.05, 0) is 53.8 Å². The second kappa shape index (κ2) is 8.56. The van der Waals surface area contributed by atoms with Crippen LogP contribution in [0, 0.1) is 0 Å². The summed E-state index contributed by atoms with van der Waals surface area (Å²) < 4.78 is 11.3. The minimum Gasteiger partial charge on any atom is -0.489 e. The van der Waals surface area contributed by atoms with Crippen LogP contribution in [0.5, 0.6) is 11.5 Å². The number of anilines is 1. The molecule has 0 aromatic heterocycles. The Morgan fingerprint density at radius 2 is 1.65 bits per heavy atom. The van der Waals surface area contributed by atoms with Crippen molar-refractivity contribution in [3.63, 3.8) is 0 Å². The molecule has 0 spiro atoms. The van der Waals surface area contributed by atoms with Crippen molar-refractivity contribution in [3.8, 4) is 11.5 Å². The molecule has 0 radical (unpaired) electrons. The van der Waals surface area contributed by atoms with Crippen LogP contribution in [0.2, 0.25) is 0 Å². The third kappa shape index (κ3) is 5.96. The van der Waals surface area contributed by atoms with Gasteiger partial charge in [0.25, 0.3) is 5.91 Å². The van der Waals surface area contributed by atoms with Crippen LogP contribution in [0.1, 0.15) is 33.3 Å². The van der Waals surface area contributed by atoms with E-state index in [9.17, 15) is 4.79 Å². The first-order valence-electron chi connectivity index (χ1n) is 8.65. The smallest absolute Gasteiger partial charge is 0.262 e. The van der Waals surface area contributed by atoms with Crippen molar-refractivity contribution < 1.29 is 14.3 Å². The second-order valence-electron chi connectivity index (χ2n) is 7.35. The zero-order valence-electron chi connectivity index (χ0n) is 16.0. The molecule has 138 valence electrons. The number of carbonyl (C=O) groups excluding carboxylic acids is 1. The zero-order chi connectivity index (χ0) is 19.2. The summed E-state index contributed by atoms with van der Waals surface area (Å²) in [5, 5.41) is 2.83. The quantitative estimate of drug-likeness (QED) is 0.716. The van der Waals surface area contributed by atoms with Crippen molar-refractivity contribution in [3.05, 3.63) is 66.2 Å². The summed E-state index contributed by atoms with van der Waals surface area (Å²) >= 11 is 0. The summed E-state index contributed by atoms with van der Waals surface area (Å²) in [5.41, 5.74) is 2.68. The number of ether oxygens (including phenoxy) is 2. The van der Waals surface area contributed by atoms with Gasteiger partial charge in [0.1, 0.15) is 18.1 Å². The summed E-state index contributed by atoms with van der Waals surface area (Å²) in [6.07, 6.45) is 0. The fraction of sp³-hybridized carbons (Fsp3) is 0.318. The maximum Gasteiger partial charge on any atom is 0.262 e. The molecule has 0 aliphatic rings. The van der Waals surface area contributed by atoms with Crippen LogP contribution >= 0.6 is 0 Å². The van der Waals surface area contributed by atoms with Crippen LogP contribution in [0.15, 0.2) is 60.7 Å². The standard InChI is InChI=1S/C22H27NO3/c1-16(2)14-25-18-12-10-17(11-13-18)23-21(24)15-26-20-9-7-6-8-19(20)22(3,4)5/h6-13H,1,14-15H2,2-5H3,(H,23,24). The highest BCUT2D eigenvalue weighted by Gasteiger charge is 2.18. The summed E-state index contributed by atoms with van der Waals surface area (Å²) in [5.74, 6) is 1.27. The van der Waals surface area contributed by atoms with Crippen molar-refractivity contribution in [1.29, 1.82) is 0 Å². The van der Waals surface area contributed by atoms with Crippen LogP contribution in [0.4, 0.5) is 5.69 Å². The third-order valence-corrected chi connectivity index (χ3v) is 3.68. The van der Waals surface area contributed by atoms with Gasteiger partial charge in [-0.3, -0.25) is 4.79 Å². The number of amides is 1. The van der Waals surface area contributed by atoms with E-state index in [4.69, 9.17) is 9.47 Å². The lowest BCUT2D eigenvalue weighted by atomic mass is 9.86. The molecule has 0 heterocycles. The number of hydrogen-bond donors (Lipinski definition) is 1. The molecule has 0 saturated heterocycles. The molecule has 0 aliphatic heterocycles. The second-order valence-corrected chi connectivity index (χ2v) is 7.35. The van der Waals surface area contributed by atoms with Gasteiger partial charge in [-0.2, -0.15) is 0 Å². The zero-order valence-corrected chi connectivity index (χ0v) is 16.0. The third-order valence-electron chi connectivity index (χ3n) is 3.68. The Kier molecular flexibility index (Phi) is 6.45. The minimum absolute atomic E-state index is 0.0407. The van der Waals surface area contributed by atoms with E-state index in [1.807, 2.05) is 43.3 Å². The number of nitrogens with one attached hydrogen (secondary N) is 1. The fourth-order valence-electron chi connectivity index (χ4n) is 2.39. The van der Waals surface area contributed by atoms with E-state index in [0.717, 1.165) is 22.6 Å². The molecule has 2 aromatic rings. The highest BCUT2D eigenvalue weighted by atomic mass is 16.5. The molecule has 0 atom stereocenters. The van der Waals surface area contributed by atoms with Crippen LogP contribution in [0.3, 0.4) is 0 Å². The van der Waals surface area contributed by atoms with E-state index in [-0.39, 0.29) is 17.9 Å². The number of carbonyl (C=O) groups is 1. The molecule has 1 N–H and O–H groups in total.